The molecule has 1 heterocycles. The lowest BCUT2D eigenvalue weighted by molar-refractivity contribution is 0.102. The highest BCUT2D eigenvalue weighted by atomic mass is 79.9. The minimum atomic E-state index is -0.358. The van der Waals surface area contributed by atoms with E-state index in [1.54, 1.807) is 13.2 Å². The van der Waals surface area contributed by atoms with Gasteiger partial charge in [0.15, 0.2) is 0 Å². The van der Waals surface area contributed by atoms with Gasteiger partial charge in [0.05, 0.1) is 12.2 Å². The van der Waals surface area contributed by atoms with E-state index in [0.717, 1.165) is 21.3 Å². The van der Waals surface area contributed by atoms with Crippen molar-refractivity contribution in [1.82, 2.24) is 9.88 Å². The first kappa shape index (κ1) is 15.5. The summed E-state index contributed by atoms with van der Waals surface area (Å²) in [6, 6.07) is 11.6. The smallest absolute Gasteiger partial charge is 0.410 e. The quantitative estimate of drug-likeness (QED) is 0.840. The van der Waals surface area contributed by atoms with E-state index in [0.29, 0.717) is 6.54 Å². The van der Waals surface area contributed by atoms with Gasteiger partial charge in [-0.3, -0.25) is 4.98 Å². The number of hydrogen-bond acceptors (Lipinski definition) is 3. The molecule has 1 amide bonds. The maximum atomic E-state index is 12.0. The van der Waals surface area contributed by atoms with Crippen molar-refractivity contribution < 1.29 is 9.53 Å². The Hall–Kier alpha value is -1.88. The molecule has 0 atom stereocenters. The molecule has 2 rings (SSSR count). The van der Waals surface area contributed by atoms with Crippen LogP contribution in [0.25, 0.3) is 0 Å². The molecule has 0 aliphatic rings. The molecule has 0 spiro atoms. The van der Waals surface area contributed by atoms with Gasteiger partial charge >= 0.3 is 6.09 Å². The van der Waals surface area contributed by atoms with Crippen LogP contribution in [0.3, 0.4) is 0 Å². The van der Waals surface area contributed by atoms with Crippen molar-refractivity contribution >= 4 is 22.0 Å². The van der Waals surface area contributed by atoms with Crippen LogP contribution in [0.1, 0.15) is 16.8 Å². The summed E-state index contributed by atoms with van der Waals surface area (Å²) >= 11 is 3.37. The highest BCUT2D eigenvalue weighted by molar-refractivity contribution is 9.10. The third-order valence-electron chi connectivity index (χ3n) is 3.06. The second kappa shape index (κ2) is 7.22. The number of halogens is 1. The molecule has 1 aromatic carbocycles. The van der Waals surface area contributed by atoms with Crippen LogP contribution in [0.15, 0.2) is 47.1 Å². The van der Waals surface area contributed by atoms with Gasteiger partial charge in [-0.2, -0.15) is 0 Å². The summed E-state index contributed by atoms with van der Waals surface area (Å²) in [5.74, 6) is 0. The number of ether oxygens (including phenoxy) is 1. The summed E-state index contributed by atoms with van der Waals surface area (Å²) < 4.78 is 6.20. The number of rotatable bonds is 4. The van der Waals surface area contributed by atoms with Crippen LogP contribution in [0.5, 0.6) is 0 Å². The van der Waals surface area contributed by atoms with Crippen molar-refractivity contribution in [1.29, 1.82) is 0 Å². The average Bonchev–Trinajstić information content (AvgIpc) is 2.48. The zero-order valence-corrected chi connectivity index (χ0v) is 13.6. The fourth-order valence-electron chi connectivity index (χ4n) is 1.85. The van der Waals surface area contributed by atoms with Gasteiger partial charge in [-0.25, -0.2) is 4.79 Å². The summed E-state index contributed by atoms with van der Waals surface area (Å²) in [5, 5.41) is 0. The maximum Gasteiger partial charge on any atom is 0.410 e. The molecule has 0 saturated heterocycles. The van der Waals surface area contributed by atoms with E-state index in [1.165, 1.54) is 4.90 Å². The number of carbonyl (C=O) groups is 1. The van der Waals surface area contributed by atoms with Crippen molar-refractivity contribution in [3.05, 3.63) is 63.9 Å². The summed E-state index contributed by atoms with van der Waals surface area (Å²) in [4.78, 5) is 17.8. The Morgan fingerprint density at radius 2 is 2.05 bits per heavy atom. The number of nitrogens with zero attached hydrogens (tertiary/aromatic N) is 2. The van der Waals surface area contributed by atoms with Gasteiger partial charge in [0.2, 0.25) is 0 Å². The fraction of sp³-hybridized carbons (Fsp3) is 0.250. The van der Waals surface area contributed by atoms with E-state index in [1.807, 2.05) is 43.3 Å². The lowest BCUT2D eigenvalue weighted by atomic mass is 10.2. The topological polar surface area (TPSA) is 42.4 Å². The van der Waals surface area contributed by atoms with Crippen LogP contribution in [0.2, 0.25) is 0 Å². The number of carbonyl (C=O) groups excluding carboxylic acids is 1. The molecule has 4 nitrogen and oxygen atoms in total. The van der Waals surface area contributed by atoms with E-state index in [-0.39, 0.29) is 12.7 Å². The molecule has 21 heavy (non-hydrogen) atoms. The van der Waals surface area contributed by atoms with Gasteiger partial charge < -0.3 is 9.64 Å². The van der Waals surface area contributed by atoms with Gasteiger partial charge in [-0.1, -0.05) is 30.3 Å². The molecule has 5 heteroatoms. The van der Waals surface area contributed by atoms with Crippen molar-refractivity contribution in [3.63, 3.8) is 0 Å². The number of amides is 1. The van der Waals surface area contributed by atoms with Gasteiger partial charge in [0.1, 0.15) is 6.61 Å². The van der Waals surface area contributed by atoms with Crippen LogP contribution in [0.4, 0.5) is 4.79 Å². The summed E-state index contributed by atoms with van der Waals surface area (Å²) in [7, 11) is 1.70. The normalized spacial score (nSPS) is 10.2. The number of aromatic nitrogens is 1. The number of aryl methyl sites for hydroxylation is 1. The third kappa shape index (κ3) is 4.56. The predicted molar refractivity (Wildman–Crippen MR) is 84.8 cm³/mol. The summed E-state index contributed by atoms with van der Waals surface area (Å²) in [6.45, 7) is 2.67. The molecule has 0 fully saturated rings. The predicted octanol–water partition coefficient (Wildman–Crippen LogP) is 3.92. The first-order chi connectivity index (χ1) is 10.1. The van der Waals surface area contributed by atoms with Crippen molar-refractivity contribution in [2.45, 2.75) is 20.1 Å². The van der Waals surface area contributed by atoms with Crippen LogP contribution in [-0.4, -0.2) is 23.0 Å². The van der Waals surface area contributed by atoms with Crippen LogP contribution >= 0.6 is 15.9 Å². The molecule has 0 N–H and O–H groups in total. The zero-order valence-electron chi connectivity index (χ0n) is 12.0. The Balaban J connectivity index is 1.90. The highest BCUT2D eigenvalue weighted by Crippen LogP contribution is 2.14. The van der Waals surface area contributed by atoms with Crippen LogP contribution < -0.4 is 0 Å². The fourth-order valence-corrected chi connectivity index (χ4v) is 2.30. The monoisotopic (exact) mass is 348 g/mol. The van der Waals surface area contributed by atoms with Crippen LogP contribution in [0, 0.1) is 6.92 Å². The molecule has 0 bridgehead atoms. The van der Waals surface area contributed by atoms with Gasteiger partial charge in [-0.15, -0.1) is 0 Å². The lowest BCUT2D eigenvalue weighted by Crippen LogP contribution is -2.27. The molecule has 2 aromatic rings. The zero-order chi connectivity index (χ0) is 15.2. The first-order valence-corrected chi connectivity index (χ1v) is 7.38. The summed E-state index contributed by atoms with van der Waals surface area (Å²) in [5.41, 5.74) is 2.86. The average molecular weight is 349 g/mol. The van der Waals surface area contributed by atoms with Gasteiger partial charge in [0, 0.05) is 17.7 Å². The lowest BCUT2D eigenvalue weighted by Gasteiger charge is -2.17. The minimum Gasteiger partial charge on any atom is -0.445 e. The van der Waals surface area contributed by atoms with E-state index >= 15 is 0 Å². The first-order valence-electron chi connectivity index (χ1n) is 6.59. The SMILES string of the molecule is Cc1cc(Br)cnc1CN(C)C(=O)OCc1ccccc1. The second-order valence-electron chi connectivity index (χ2n) is 4.81. The number of benzene rings is 1. The molecule has 110 valence electrons. The molecule has 0 saturated carbocycles. The Kier molecular flexibility index (Phi) is 5.33. The maximum absolute atomic E-state index is 12.0. The Bertz CT molecular complexity index is 617. The molecule has 0 unspecified atom stereocenters. The molecule has 0 aliphatic heterocycles. The Morgan fingerprint density at radius 3 is 2.71 bits per heavy atom. The van der Waals surface area contributed by atoms with Crippen molar-refractivity contribution in [3.8, 4) is 0 Å². The summed E-state index contributed by atoms with van der Waals surface area (Å²) in [6.07, 6.45) is 1.37. The highest BCUT2D eigenvalue weighted by Gasteiger charge is 2.13. The standard InChI is InChI=1S/C16H17BrN2O2/c1-12-8-14(17)9-18-15(12)10-19(2)16(20)21-11-13-6-4-3-5-7-13/h3-9H,10-11H2,1-2H3. The van der Waals surface area contributed by atoms with Crippen molar-refractivity contribution in [2.75, 3.05) is 7.05 Å². The van der Waals surface area contributed by atoms with Gasteiger partial charge in [-0.05, 0) is 40.0 Å². The Morgan fingerprint density at radius 1 is 1.33 bits per heavy atom. The van der Waals surface area contributed by atoms with E-state index in [9.17, 15) is 4.79 Å². The minimum absolute atomic E-state index is 0.275. The van der Waals surface area contributed by atoms with Crippen molar-refractivity contribution in [2.24, 2.45) is 0 Å². The molecular formula is C16H17BrN2O2. The third-order valence-corrected chi connectivity index (χ3v) is 3.49. The van der Waals surface area contributed by atoms with Crippen LogP contribution in [-0.2, 0) is 17.9 Å². The molecular weight excluding hydrogens is 332 g/mol. The van der Waals surface area contributed by atoms with Gasteiger partial charge in [0.25, 0.3) is 0 Å². The van der Waals surface area contributed by atoms with E-state index in [4.69, 9.17) is 4.74 Å². The second-order valence-corrected chi connectivity index (χ2v) is 5.73. The molecule has 1 aromatic heterocycles. The molecule has 0 aliphatic carbocycles. The van der Waals surface area contributed by atoms with E-state index in [2.05, 4.69) is 20.9 Å². The number of hydrogen-bond donors (Lipinski definition) is 0. The number of pyridine rings is 1. The largest absolute Gasteiger partial charge is 0.445 e. The van der Waals surface area contributed by atoms with E-state index < -0.39 is 0 Å². The Labute approximate surface area is 132 Å². The molecule has 0 radical (unpaired) electrons.